The molecule has 2 nitrogen and oxygen atoms in total. The largest absolute Gasteiger partial charge is 0.573 e. The van der Waals surface area contributed by atoms with Gasteiger partial charge in [-0.2, -0.15) is 0 Å². The molecule has 0 aromatic heterocycles. The number of hydrogen-bond donors (Lipinski definition) is 1. The molecule has 0 unspecified atom stereocenters. The van der Waals surface area contributed by atoms with Crippen molar-refractivity contribution in [2.24, 2.45) is 0 Å². The third kappa shape index (κ3) is 4.17. The highest BCUT2D eigenvalue weighted by atomic mass is 79.9. The molecule has 6 heteroatoms. The highest BCUT2D eigenvalue weighted by Gasteiger charge is 2.31. The van der Waals surface area contributed by atoms with Crippen LogP contribution in [0.3, 0.4) is 0 Å². The Morgan fingerprint density at radius 2 is 2.00 bits per heavy atom. The average Bonchev–Trinajstić information content (AvgIpc) is 2.10. The minimum atomic E-state index is -4.65. The van der Waals surface area contributed by atoms with Crippen molar-refractivity contribution in [2.75, 3.05) is 0 Å². The first-order chi connectivity index (χ1) is 8.42. The van der Waals surface area contributed by atoms with Gasteiger partial charge in [0.2, 0.25) is 0 Å². The van der Waals surface area contributed by atoms with Gasteiger partial charge in [-0.1, -0.05) is 22.4 Å². The lowest BCUT2D eigenvalue weighted by Crippen LogP contribution is -2.34. The SMILES string of the molecule is FC(F)(F)Oc1cc(Br)cc(CNC2CCC2)c1. The van der Waals surface area contributed by atoms with Gasteiger partial charge >= 0.3 is 6.36 Å². The molecule has 1 aromatic rings. The second-order valence-electron chi connectivity index (χ2n) is 4.35. The predicted octanol–water partition coefficient (Wildman–Crippen LogP) is 3.99. The van der Waals surface area contributed by atoms with Gasteiger partial charge in [0.05, 0.1) is 0 Å². The summed E-state index contributed by atoms with van der Waals surface area (Å²) >= 11 is 3.18. The van der Waals surface area contributed by atoms with Crippen LogP contribution in [0.5, 0.6) is 5.75 Å². The van der Waals surface area contributed by atoms with Crippen LogP contribution < -0.4 is 10.1 Å². The number of nitrogens with one attached hydrogen (secondary N) is 1. The molecule has 1 fully saturated rings. The maximum atomic E-state index is 12.1. The zero-order valence-electron chi connectivity index (χ0n) is 9.56. The minimum Gasteiger partial charge on any atom is -0.406 e. The quantitative estimate of drug-likeness (QED) is 0.904. The molecule has 1 N–H and O–H groups in total. The van der Waals surface area contributed by atoms with E-state index in [2.05, 4.69) is 26.0 Å². The summed E-state index contributed by atoms with van der Waals surface area (Å²) in [5.74, 6) is -0.192. The van der Waals surface area contributed by atoms with E-state index >= 15 is 0 Å². The van der Waals surface area contributed by atoms with E-state index in [0.29, 0.717) is 17.1 Å². The number of benzene rings is 1. The van der Waals surface area contributed by atoms with Gasteiger partial charge in [-0.05, 0) is 36.6 Å². The fourth-order valence-corrected chi connectivity index (χ4v) is 2.31. The van der Waals surface area contributed by atoms with Crippen molar-refractivity contribution < 1.29 is 17.9 Å². The number of hydrogen-bond acceptors (Lipinski definition) is 2. The molecule has 0 spiro atoms. The zero-order chi connectivity index (χ0) is 13.2. The average molecular weight is 324 g/mol. The highest BCUT2D eigenvalue weighted by molar-refractivity contribution is 9.10. The Morgan fingerprint density at radius 1 is 1.28 bits per heavy atom. The Balaban J connectivity index is 2.00. The molecule has 100 valence electrons. The lowest BCUT2D eigenvalue weighted by atomic mass is 9.93. The molecule has 0 atom stereocenters. The summed E-state index contributed by atoms with van der Waals surface area (Å²) in [6, 6.07) is 5.00. The van der Waals surface area contributed by atoms with Gasteiger partial charge in [0.25, 0.3) is 0 Å². The lowest BCUT2D eigenvalue weighted by Gasteiger charge is -2.26. The fourth-order valence-electron chi connectivity index (χ4n) is 1.79. The van der Waals surface area contributed by atoms with Crippen LogP contribution in [-0.4, -0.2) is 12.4 Å². The Bertz CT molecular complexity index is 418. The first kappa shape index (κ1) is 13.7. The van der Waals surface area contributed by atoms with E-state index in [1.165, 1.54) is 18.6 Å². The molecule has 1 saturated carbocycles. The van der Waals surface area contributed by atoms with Crippen LogP contribution in [0.1, 0.15) is 24.8 Å². The smallest absolute Gasteiger partial charge is 0.406 e. The molecule has 0 amide bonds. The van der Waals surface area contributed by atoms with Gasteiger partial charge in [-0.3, -0.25) is 0 Å². The van der Waals surface area contributed by atoms with Crippen molar-refractivity contribution in [1.82, 2.24) is 5.32 Å². The van der Waals surface area contributed by atoms with E-state index in [4.69, 9.17) is 0 Å². The molecule has 1 aliphatic carbocycles. The number of ether oxygens (including phenoxy) is 1. The monoisotopic (exact) mass is 323 g/mol. The number of rotatable bonds is 4. The molecule has 0 radical (unpaired) electrons. The summed E-state index contributed by atoms with van der Waals surface area (Å²) in [7, 11) is 0. The Hall–Kier alpha value is -0.750. The third-order valence-electron chi connectivity index (χ3n) is 2.86. The van der Waals surface area contributed by atoms with Gasteiger partial charge < -0.3 is 10.1 Å². The van der Waals surface area contributed by atoms with E-state index in [0.717, 1.165) is 18.4 Å². The van der Waals surface area contributed by atoms with Crippen LogP contribution >= 0.6 is 15.9 Å². The second kappa shape index (κ2) is 5.48. The molecular weight excluding hydrogens is 311 g/mol. The predicted molar refractivity (Wildman–Crippen MR) is 65.3 cm³/mol. The van der Waals surface area contributed by atoms with Gasteiger partial charge in [-0.15, -0.1) is 13.2 Å². The zero-order valence-corrected chi connectivity index (χ0v) is 11.1. The molecule has 0 bridgehead atoms. The lowest BCUT2D eigenvalue weighted by molar-refractivity contribution is -0.274. The van der Waals surface area contributed by atoms with Crippen molar-refractivity contribution in [3.63, 3.8) is 0 Å². The fraction of sp³-hybridized carbons (Fsp3) is 0.500. The van der Waals surface area contributed by atoms with E-state index in [9.17, 15) is 13.2 Å². The van der Waals surface area contributed by atoms with Gasteiger partial charge in [0.1, 0.15) is 5.75 Å². The van der Waals surface area contributed by atoms with Gasteiger partial charge in [0.15, 0.2) is 0 Å². The Kier molecular flexibility index (Phi) is 4.17. The standard InChI is InChI=1S/C12H13BrF3NO/c13-9-4-8(7-17-10-2-1-3-10)5-11(6-9)18-12(14,15)16/h4-6,10,17H,1-3,7H2. The van der Waals surface area contributed by atoms with Crippen LogP contribution in [0.15, 0.2) is 22.7 Å². The second-order valence-corrected chi connectivity index (χ2v) is 5.27. The molecule has 2 rings (SSSR count). The van der Waals surface area contributed by atoms with Gasteiger partial charge in [0, 0.05) is 17.1 Å². The summed E-state index contributed by atoms with van der Waals surface area (Å²) < 4.78 is 40.9. The minimum absolute atomic E-state index is 0.192. The van der Waals surface area contributed by atoms with Crippen molar-refractivity contribution in [1.29, 1.82) is 0 Å². The Morgan fingerprint density at radius 3 is 2.56 bits per heavy atom. The van der Waals surface area contributed by atoms with Crippen molar-refractivity contribution >= 4 is 15.9 Å². The topological polar surface area (TPSA) is 21.3 Å². The molecule has 18 heavy (non-hydrogen) atoms. The number of alkyl halides is 3. The van der Waals surface area contributed by atoms with E-state index in [1.807, 2.05) is 0 Å². The van der Waals surface area contributed by atoms with Crippen LogP contribution in [-0.2, 0) is 6.54 Å². The summed E-state index contributed by atoms with van der Waals surface area (Å²) in [6.07, 6.45) is -1.15. The molecular formula is C12H13BrF3NO. The molecule has 1 aromatic carbocycles. The van der Waals surface area contributed by atoms with Crippen molar-refractivity contribution in [2.45, 2.75) is 38.2 Å². The molecule has 1 aliphatic rings. The van der Waals surface area contributed by atoms with Gasteiger partial charge in [-0.25, -0.2) is 0 Å². The molecule has 0 heterocycles. The third-order valence-corrected chi connectivity index (χ3v) is 3.32. The number of halogens is 4. The van der Waals surface area contributed by atoms with Crippen molar-refractivity contribution in [3.05, 3.63) is 28.2 Å². The van der Waals surface area contributed by atoms with Crippen LogP contribution in [0.25, 0.3) is 0 Å². The first-order valence-corrected chi connectivity index (χ1v) is 6.50. The summed E-state index contributed by atoms with van der Waals surface area (Å²) in [6.45, 7) is 0.554. The summed E-state index contributed by atoms with van der Waals surface area (Å²) in [5.41, 5.74) is 0.774. The summed E-state index contributed by atoms with van der Waals surface area (Å²) in [4.78, 5) is 0. The van der Waals surface area contributed by atoms with Crippen molar-refractivity contribution in [3.8, 4) is 5.75 Å². The first-order valence-electron chi connectivity index (χ1n) is 5.71. The maximum Gasteiger partial charge on any atom is 0.573 e. The highest BCUT2D eigenvalue weighted by Crippen LogP contribution is 2.27. The molecule has 0 aliphatic heterocycles. The Labute approximate surface area is 112 Å². The van der Waals surface area contributed by atoms with Crippen LogP contribution in [0.2, 0.25) is 0 Å². The van der Waals surface area contributed by atoms with E-state index in [1.54, 1.807) is 6.07 Å². The normalized spacial score (nSPS) is 16.4. The van der Waals surface area contributed by atoms with Crippen LogP contribution in [0, 0.1) is 0 Å². The van der Waals surface area contributed by atoms with E-state index in [-0.39, 0.29) is 5.75 Å². The van der Waals surface area contributed by atoms with E-state index < -0.39 is 6.36 Å². The summed E-state index contributed by atoms with van der Waals surface area (Å²) in [5, 5.41) is 3.30. The molecule has 0 saturated heterocycles. The van der Waals surface area contributed by atoms with Crippen LogP contribution in [0.4, 0.5) is 13.2 Å². The maximum absolute atomic E-state index is 12.1.